The molecule has 0 aromatic rings. The number of fused-ring (bicyclic) bond motifs is 1. The first-order chi connectivity index (χ1) is 7.33. The first-order valence-corrected chi connectivity index (χ1v) is 5.91. The highest BCUT2D eigenvalue weighted by Crippen LogP contribution is 2.26. The van der Waals surface area contributed by atoms with Crippen molar-refractivity contribution in [1.82, 2.24) is 10.2 Å². The molecule has 2 atom stereocenters. The van der Waals surface area contributed by atoms with Crippen LogP contribution in [0.4, 0.5) is 0 Å². The van der Waals surface area contributed by atoms with Gasteiger partial charge in [0.2, 0.25) is 5.91 Å². The number of hydrogen-bond acceptors (Lipinski definition) is 3. The highest BCUT2D eigenvalue weighted by atomic mass is 16.5. The zero-order valence-corrected chi connectivity index (χ0v) is 9.37. The maximum Gasteiger partial charge on any atom is 0.248 e. The molecule has 0 spiro atoms. The Hall–Kier alpha value is -0.610. The molecular formula is C11H20N2O2. The summed E-state index contributed by atoms with van der Waals surface area (Å²) in [6.45, 7) is 5.73. The molecule has 15 heavy (non-hydrogen) atoms. The van der Waals surface area contributed by atoms with Crippen molar-refractivity contribution in [2.45, 2.75) is 25.8 Å². The Kier molecular flexibility index (Phi) is 3.59. The Balaban J connectivity index is 1.92. The van der Waals surface area contributed by atoms with E-state index in [2.05, 4.69) is 5.32 Å². The van der Waals surface area contributed by atoms with Crippen molar-refractivity contribution in [2.75, 3.05) is 32.8 Å². The van der Waals surface area contributed by atoms with Crippen LogP contribution in [-0.4, -0.2) is 49.7 Å². The third-order valence-electron chi connectivity index (χ3n) is 3.43. The second-order valence-electron chi connectivity index (χ2n) is 4.35. The van der Waals surface area contributed by atoms with Gasteiger partial charge in [0.1, 0.15) is 6.61 Å². The molecule has 4 heteroatoms. The van der Waals surface area contributed by atoms with Crippen molar-refractivity contribution in [1.29, 1.82) is 0 Å². The lowest BCUT2D eigenvalue weighted by molar-refractivity contribution is -0.140. The molecule has 0 radical (unpaired) electrons. The number of hydrogen-bond donors (Lipinski definition) is 1. The number of rotatable bonds is 3. The lowest BCUT2D eigenvalue weighted by Crippen LogP contribution is -2.49. The summed E-state index contributed by atoms with van der Waals surface area (Å²) < 4.78 is 5.19. The van der Waals surface area contributed by atoms with Gasteiger partial charge in [-0.25, -0.2) is 0 Å². The van der Waals surface area contributed by atoms with Gasteiger partial charge in [0.05, 0.1) is 0 Å². The fraction of sp³-hybridized carbons (Fsp3) is 0.909. The van der Waals surface area contributed by atoms with Gasteiger partial charge in [-0.15, -0.1) is 0 Å². The minimum absolute atomic E-state index is 0.162. The fourth-order valence-electron chi connectivity index (χ4n) is 2.65. The van der Waals surface area contributed by atoms with Crippen molar-refractivity contribution < 1.29 is 9.53 Å². The Bertz CT molecular complexity index is 233. The molecule has 2 aliphatic rings. The second-order valence-corrected chi connectivity index (χ2v) is 4.35. The van der Waals surface area contributed by atoms with Crippen LogP contribution < -0.4 is 5.32 Å². The number of carbonyl (C=O) groups is 1. The van der Waals surface area contributed by atoms with E-state index in [-0.39, 0.29) is 12.5 Å². The van der Waals surface area contributed by atoms with Gasteiger partial charge in [-0.3, -0.25) is 4.79 Å². The Morgan fingerprint density at radius 1 is 1.53 bits per heavy atom. The van der Waals surface area contributed by atoms with Crippen LogP contribution in [0.15, 0.2) is 0 Å². The zero-order valence-electron chi connectivity index (χ0n) is 9.37. The molecule has 1 N–H and O–H groups in total. The van der Waals surface area contributed by atoms with E-state index in [1.165, 1.54) is 6.42 Å². The van der Waals surface area contributed by atoms with Crippen molar-refractivity contribution in [3.8, 4) is 0 Å². The van der Waals surface area contributed by atoms with Crippen LogP contribution in [-0.2, 0) is 9.53 Å². The van der Waals surface area contributed by atoms with Crippen LogP contribution in [0.3, 0.4) is 0 Å². The van der Waals surface area contributed by atoms with E-state index in [9.17, 15) is 4.79 Å². The molecule has 0 aromatic carbocycles. The normalized spacial score (nSPS) is 30.3. The largest absolute Gasteiger partial charge is 0.372 e. The van der Waals surface area contributed by atoms with E-state index >= 15 is 0 Å². The van der Waals surface area contributed by atoms with E-state index in [4.69, 9.17) is 4.74 Å². The predicted octanol–water partition coefficient (Wildman–Crippen LogP) is 0.233. The molecule has 4 nitrogen and oxygen atoms in total. The molecule has 2 saturated heterocycles. The van der Waals surface area contributed by atoms with Gasteiger partial charge >= 0.3 is 0 Å². The summed E-state index contributed by atoms with van der Waals surface area (Å²) in [6, 6.07) is 0.423. The number of nitrogens with one attached hydrogen (secondary N) is 1. The third-order valence-corrected chi connectivity index (χ3v) is 3.43. The Labute approximate surface area is 91.0 Å². The molecule has 2 fully saturated rings. The van der Waals surface area contributed by atoms with Crippen molar-refractivity contribution in [3.63, 3.8) is 0 Å². The summed E-state index contributed by atoms with van der Waals surface area (Å²) in [5.41, 5.74) is 0. The second kappa shape index (κ2) is 4.94. The van der Waals surface area contributed by atoms with Crippen molar-refractivity contribution in [2.24, 2.45) is 5.92 Å². The SMILES string of the molecule is CCOCC(=O)N1CCCC2CNCC21. The number of carbonyl (C=O) groups excluding carboxylic acids is 1. The topological polar surface area (TPSA) is 41.6 Å². The van der Waals surface area contributed by atoms with Gasteiger partial charge in [0.25, 0.3) is 0 Å². The molecule has 0 bridgehead atoms. The van der Waals surface area contributed by atoms with Crippen LogP contribution in [0.1, 0.15) is 19.8 Å². The summed E-state index contributed by atoms with van der Waals surface area (Å²) in [5.74, 6) is 0.833. The van der Waals surface area contributed by atoms with E-state index in [1.807, 2.05) is 11.8 Å². The van der Waals surface area contributed by atoms with Crippen LogP contribution in [0.2, 0.25) is 0 Å². The predicted molar refractivity (Wildman–Crippen MR) is 57.6 cm³/mol. The number of ether oxygens (including phenoxy) is 1. The van der Waals surface area contributed by atoms with E-state index in [0.29, 0.717) is 18.6 Å². The minimum atomic E-state index is 0.162. The molecule has 0 saturated carbocycles. The van der Waals surface area contributed by atoms with Gasteiger partial charge in [0.15, 0.2) is 0 Å². The van der Waals surface area contributed by atoms with Gasteiger partial charge in [0, 0.05) is 32.3 Å². The highest BCUT2D eigenvalue weighted by Gasteiger charge is 2.36. The summed E-state index contributed by atoms with van der Waals surface area (Å²) in [4.78, 5) is 13.9. The lowest BCUT2D eigenvalue weighted by Gasteiger charge is -2.37. The monoisotopic (exact) mass is 212 g/mol. The summed E-state index contributed by atoms with van der Waals surface area (Å²) in [6.07, 6.45) is 2.40. The molecule has 1 amide bonds. The first kappa shape index (κ1) is 10.9. The molecule has 0 aromatic heterocycles. The molecular weight excluding hydrogens is 192 g/mol. The van der Waals surface area contributed by atoms with E-state index < -0.39 is 0 Å². The molecule has 2 rings (SSSR count). The Morgan fingerprint density at radius 3 is 3.20 bits per heavy atom. The molecule has 2 unspecified atom stereocenters. The van der Waals surface area contributed by atoms with Crippen LogP contribution in [0.25, 0.3) is 0 Å². The number of piperidine rings is 1. The van der Waals surface area contributed by atoms with Crippen molar-refractivity contribution >= 4 is 5.91 Å². The minimum Gasteiger partial charge on any atom is -0.372 e. The highest BCUT2D eigenvalue weighted by molar-refractivity contribution is 5.78. The maximum absolute atomic E-state index is 11.9. The van der Waals surface area contributed by atoms with Gasteiger partial charge < -0.3 is 15.0 Å². The average molecular weight is 212 g/mol. The van der Waals surface area contributed by atoms with E-state index in [1.54, 1.807) is 0 Å². The average Bonchev–Trinajstić information content (AvgIpc) is 2.73. The molecule has 2 heterocycles. The van der Waals surface area contributed by atoms with Crippen LogP contribution >= 0.6 is 0 Å². The summed E-state index contributed by atoms with van der Waals surface area (Å²) >= 11 is 0. The maximum atomic E-state index is 11.9. The van der Waals surface area contributed by atoms with Crippen LogP contribution in [0, 0.1) is 5.92 Å². The van der Waals surface area contributed by atoms with Crippen LogP contribution in [0.5, 0.6) is 0 Å². The number of amides is 1. The third kappa shape index (κ3) is 2.32. The Morgan fingerprint density at radius 2 is 2.40 bits per heavy atom. The molecule has 0 aliphatic carbocycles. The first-order valence-electron chi connectivity index (χ1n) is 5.91. The van der Waals surface area contributed by atoms with Crippen molar-refractivity contribution in [3.05, 3.63) is 0 Å². The lowest BCUT2D eigenvalue weighted by atomic mass is 9.92. The van der Waals surface area contributed by atoms with Gasteiger partial charge in [-0.2, -0.15) is 0 Å². The zero-order chi connectivity index (χ0) is 10.7. The fourth-order valence-corrected chi connectivity index (χ4v) is 2.65. The summed E-state index contributed by atoms with van der Waals surface area (Å²) in [5, 5.41) is 3.37. The summed E-state index contributed by atoms with van der Waals surface area (Å²) in [7, 11) is 0. The van der Waals surface area contributed by atoms with E-state index in [0.717, 1.165) is 26.1 Å². The number of nitrogens with zero attached hydrogens (tertiary/aromatic N) is 1. The molecule has 86 valence electrons. The smallest absolute Gasteiger partial charge is 0.248 e. The standard InChI is InChI=1S/C11H20N2O2/c1-2-15-8-11(14)13-5-3-4-9-6-12-7-10(9)13/h9-10,12H,2-8H2,1H3. The van der Waals surface area contributed by atoms with Gasteiger partial charge in [-0.1, -0.05) is 0 Å². The quantitative estimate of drug-likeness (QED) is 0.728. The van der Waals surface area contributed by atoms with Gasteiger partial charge in [-0.05, 0) is 25.7 Å². The molecule has 2 aliphatic heterocycles. The number of likely N-dealkylation sites (tertiary alicyclic amines) is 1.